The topological polar surface area (TPSA) is 90.3 Å². The number of ether oxygens (including phenoxy) is 1. The van der Waals surface area contributed by atoms with Gasteiger partial charge in [-0.3, -0.25) is 4.79 Å². The number of hydrogen-bond donors (Lipinski definition) is 2. The molecule has 0 bridgehead atoms. The van der Waals surface area contributed by atoms with Crippen LogP contribution in [0.2, 0.25) is 0 Å². The van der Waals surface area contributed by atoms with Gasteiger partial charge in [-0.05, 0) is 25.7 Å². The first-order valence-electron chi connectivity index (χ1n) is 6.88. The minimum atomic E-state index is -1.03. The van der Waals surface area contributed by atoms with E-state index in [9.17, 15) is 14.7 Å². The number of rotatable bonds is 6. The first-order valence-corrected chi connectivity index (χ1v) is 6.88. The van der Waals surface area contributed by atoms with Crippen LogP contribution in [0.5, 0.6) is 0 Å². The fourth-order valence-corrected chi connectivity index (χ4v) is 2.38. The van der Waals surface area contributed by atoms with Crippen molar-refractivity contribution < 1.29 is 24.5 Å². The highest BCUT2D eigenvalue weighted by Crippen LogP contribution is 2.21. The van der Waals surface area contributed by atoms with E-state index in [0.29, 0.717) is 19.7 Å². The largest absolute Gasteiger partial charge is 0.480 e. The zero-order chi connectivity index (χ0) is 15.1. The van der Waals surface area contributed by atoms with Crippen molar-refractivity contribution in [2.45, 2.75) is 25.9 Å². The highest BCUT2D eigenvalue weighted by molar-refractivity contribution is 5.80. The number of carboxylic acids is 1. The van der Waals surface area contributed by atoms with Crippen molar-refractivity contribution >= 4 is 12.0 Å². The van der Waals surface area contributed by atoms with Gasteiger partial charge in [0.25, 0.3) is 0 Å². The Kier molecular flexibility index (Phi) is 6.74. The van der Waals surface area contributed by atoms with E-state index in [-0.39, 0.29) is 31.1 Å². The summed E-state index contributed by atoms with van der Waals surface area (Å²) in [5.74, 6) is -0.820. The number of likely N-dealkylation sites (tertiary alicyclic amines) is 1. The van der Waals surface area contributed by atoms with Crippen molar-refractivity contribution in [1.29, 1.82) is 0 Å². The first-order chi connectivity index (χ1) is 9.45. The number of aliphatic carboxylic acids is 1. The van der Waals surface area contributed by atoms with E-state index in [1.807, 2.05) is 0 Å². The molecule has 1 atom stereocenters. The van der Waals surface area contributed by atoms with Gasteiger partial charge in [0.15, 0.2) is 0 Å². The molecular weight excluding hydrogens is 264 g/mol. The molecule has 1 fully saturated rings. The van der Waals surface area contributed by atoms with Crippen LogP contribution in [0.25, 0.3) is 0 Å². The lowest BCUT2D eigenvalue weighted by molar-refractivity contribution is -0.137. The van der Waals surface area contributed by atoms with E-state index >= 15 is 0 Å². The normalized spacial score (nSPS) is 17.9. The van der Waals surface area contributed by atoms with E-state index in [2.05, 4.69) is 0 Å². The second-order valence-electron chi connectivity index (χ2n) is 5.16. The molecule has 1 rings (SSSR count). The van der Waals surface area contributed by atoms with Gasteiger partial charge in [-0.2, -0.15) is 0 Å². The Morgan fingerprint density at radius 1 is 1.40 bits per heavy atom. The Bertz CT molecular complexity index is 327. The van der Waals surface area contributed by atoms with Gasteiger partial charge in [0, 0.05) is 26.7 Å². The molecule has 1 heterocycles. The summed E-state index contributed by atoms with van der Waals surface area (Å²) in [6, 6.07) is -0.270. The molecular formula is C13H24N2O5. The van der Waals surface area contributed by atoms with Crippen LogP contribution >= 0.6 is 0 Å². The third kappa shape index (κ3) is 4.97. The Hall–Kier alpha value is -1.34. The average Bonchev–Trinajstić information content (AvgIpc) is 2.42. The maximum atomic E-state index is 12.3. The van der Waals surface area contributed by atoms with Crippen LogP contribution < -0.4 is 0 Å². The molecule has 0 spiro atoms. The summed E-state index contributed by atoms with van der Waals surface area (Å²) >= 11 is 0. The lowest BCUT2D eigenvalue weighted by Gasteiger charge is -2.36. The standard InChI is InChI=1S/C13H24N2O5/c1-10(16)11-3-5-14(6-4-11)13(19)15(7-8-20-2)9-12(17)18/h10-11,16H,3-9H2,1-2H3,(H,17,18). The molecule has 1 aliphatic heterocycles. The van der Waals surface area contributed by atoms with Crippen LogP contribution in [0, 0.1) is 5.92 Å². The van der Waals surface area contributed by atoms with Crippen LogP contribution in [0.3, 0.4) is 0 Å². The molecule has 1 saturated heterocycles. The van der Waals surface area contributed by atoms with Crippen LogP contribution in [0.15, 0.2) is 0 Å². The highest BCUT2D eigenvalue weighted by atomic mass is 16.5. The van der Waals surface area contributed by atoms with Gasteiger partial charge >= 0.3 is 12.0 Å². The molecule has 7 heteroatoms. The number of carboxylic acid groups (broad SMARTS) is 1. The number of amides is 2. The molecule has 0 aromatic rings. The Balaban J connectivity index is 2.54. The van der Waals surface area contributed by atoms with Crippen LogP contribution in [0.1, 0.15) is 19.8 Å². The van der Waals surface area contributed by atoms with E-state index in [4.69, 9.17) is 9.84 Å². The SMILES string of the molecule is COCCN(CC(=O)O)C(=O)N1CCC(C(C)O)CC1. The summed E-state index contributed by atoms with van der Waals surface area (Å²) in [6.45, 7) is 3.12. The fourth-order valence-electron chi connectivity index (χ4n) is 2.38. The summed E-state index contributed by atoms with van der Waals surface area (Å²) < 4.78 is 4.90. The van der Waals surface area contributed by atoms with Gasteiger partial charge in [-0.15, -0.1) is 0 Å². The second-order valence-corrected chi connectivity index (χ2v) is 5.16. The molecule has 0 saturated carbocycles. The van der Waals surface area contributed by atoms with E-state index in [0.717, 1.165) is 12.8 Å². The summed E-state index contributed by atoms with van der Waals surface area (Å²) in [7, 11) is 1.51. The predicted molar refractivity (Wildman–Crippen MR) is 72.5 cm³/mol. The molecule has 2 N–H and O–H groups in total. The number of carbonyl (C=O) groups is 2. The number of carbonyl (C=O) groups excluding carboxylic acids is 1. The number of aliphatic hydroxyl groups excluding tert-OH is 1. The van der Waals surface area contributed by atoms with Crippen molar-refractivity contribution in [1.82, 2.24) is 9.80 Å². The smallest absolute Gasteiger partial charge is 0.323 e. The van der Waals surface area contributed by atoms with Crippen molar-refractivity contribution in [2.24, 2.45) is 5.92 Å². The molecule has 7 nitrogen and oxygen atoms in total. The van der Waals surface area contributed by atoms with Gasteiger partial charge in [-0.25, -0.2) is 4.79 Å². The van der Waals surface area contributed by atoms with Crippen LogP contribution in [0.4, 0.5) is 4.79 Å². The molecule has 2 amide bonds. The van der Waals surface area contributed by atoms with Crippen LogP contribution in [-0.2, 0) is 9.53 Å². The lowest BCUT2D eigenvalue weighted by atomic mass is 9.92. The van der Waals surface area contributed by atoms with E-state index < -0.39 is 5.97 Å². The minimum absolute atomic E-state index is 0.214. The summed E-state index contributed by atoms with van der Waals surface area (Å²) in [5, 5.41) is 18.4. The number of methoxy groups -OCH3 is 1. The summed E-state index contributed by atoms with van der Waals surface area (Å²) in [5.41, 5.74) is 0. The van der Waals surface area contributed by atoms with Crippen molar-refractivity contribution in [3.63, 3.8) is 0 Å². The van der Waals surface area contributed by atoms with Gasteiger partial charge in [-0.1, -0.05) is 0 Å². The fraction of sp³-hybridized carbons (Fsp3) is 0.846. The highest BCUT2D eigenvalue weighted by Gasteiger charge is 2.28. The van der Waals surface area contributed by atoms with Crippen LogP contribution in [-0.4, -0.2) is 78.0 Å². The van der Waals surface area contributed by atoms with Gasteiger partial charge in [0.2, 0.25) is 0 Å². The van der Waals surface area contributed by atoms with E-state index in [1.54, 1.807) is 11.8 Å². The Morgan fingerprint density at radius 3 is 2.45 bits per heavy atom. The molecule has 1 aliphatic rings. The maximum absolute atomic E-state index is 12.3. The third-order valence-electron chi connectivity index (χ3n) is 3.65. The quantitative estimate of drug-likeness (QED) is 0.730. The lowest BCUT2D eigenvalue weighted by Crippen LogP contribution is -2.49. The number of hydrogen-bond acceptors (Lipinski definition) is 4. The molecule has 116 valence electrons. The van der Waals surface area contributed by atoms with Crippen molar-refractivity contribution in [3.05, 3.63) is 0 Å². The Morgan fingerprint density at radius 2 is 2.00 bits per heavy atom. The molecule has 1 unspecified atom stereocenters. The molecule has 0 aliphatic carbocycles. The van der Waals surface area contributed by atoms with Crippen molar-refractivity contribution in [3.8, 4) is 0 Å². The maximum Gasteiger partial charge on any atom is 0.323 e. The predicted octanol–water partition coefficient (Wildman–Crippen LogP) is 0.232. The molecule has 0 aromatic carbocycles. The average molecular weight is 288 g/mol. The minimum Gasteiger partial charge on any atom is -0.480 e. The zero-order valence-corrected chi connectivity index (χ0v) is 12.1. The van der Waals surface area contributed by atoms with Gasteiger partial charge in [0.1, 0.15) is 6.54 Å². The molecule has 20 heavy (non-hydrogen) atoms. The number of piperidine rings is 1. The number of nitrogens with zero attached hydrogens (tertiary/aromatic N) is 2. The third-order valence-corrected chi connectivity index (χ3v) is 3.65. The molecule has 0 radical (unpaired) electrons. The molecule has 0 aromatic heterocycles. The van der Waals surface area contributed by atoms with E-state index in [1.165, 1.54) is 12.0 Å². The summed E-state index contributed by atoms with van der Waals surface area (Å²) in [4.78, 5) is 26.0. The number of urea groups is 1. The second kappa shape index (κ2) is 8.06. The summed E-state index contributed by atoms with van der Waals surface area (Å²) in [6.07, 6.45) is 1.12. The zero-order valence-electron chi connectivity index (χ0n) is 12.1. The monoisotopic (exact) mass is 288 g/mol. The van der Waals surface area contributed by atoms with Crippen molar-refractivity contribution in [2.75, 3.05) is 39.9 Å². The first kappa shape index (κ1) is 16.7. The van der Waals surface area contributed by atoms with Gasteiger partial charge < -0.3 is 24.7 Å². The number of aliphatic hydroxyl groups is 1. The van der Waals surface area contributed by atoms with Gasteiger partial charge in [0.05, 0.1) is 12.7 Å². The Labute approximate surface area is 119 Å².